The number of hydrogen-bond donors (Lipinski definition) is 2. The van der Waals surface area contributed by atoms with Crippen LogP contribution in [0.15, 0.2) is 30.6 Å². The Morgan fingerprint density at radius 1 is 1.26 bits per heavy atom. The van der Waals surface area contributed by atoms with Gasteiger partial charge in [-0.25, -0.2) is 4.68 Å². The van der Waals surface area contributed by atoms with E-state index < -0.39 is 11.9 Å². The lowest BCUT2D eigenvalue weighted by Gasteiger charge is -2.29. The van der Waals surface area contributed by atoms with Gasteiger partial charge in [0.2, 0.25) is 17.7 Å². The summed E-state index contributed by atoms with van der Waals surface area (Å²) < 4.78 is 2.92. The third-order valence-corrected chi connectivity index (χ3v) is 6.00. The molecule has 5 rings (SSSR count). The van der Waals surface area contributed by atoms with E-state index >= 15 is 0 Å². The number of amides is 4. The van der Waals surface area contributed by atoms with E-state index in [1.54, 1.807) is 42.3 Å². The topological polar surface area (TPSA) is 144 Å². The molecule has 1 fully saturated rings. The van der Waals surface area contributed by atoms with E-state index in [9.17, 15) is 19.2 Å². The highest BCUT2D eigenvalue weighted by Gasteiger charge is 2.39. The Labute approximate surface area is 197 Å². The summed E-state index contributed by atoms with van der Waals surface area (Å²) in [5.74, 6) is -1.52. The van der Waals surface area contributed by atoms with Gasteiger partial charge in [0.15, 0.2) is 0 Å². The number of imide groups is 1. The molecule has 34 heavy (non-hydrogen) atoms. The van der Waals surface area contributed by atoms with E-state index in [1.165, 1.54) is 9.58 Å². The van der Waals surface area contributed by atoms with Crippen LogP contribution in [-0.2, 0) is 34.5 Å². The molecule has 4 heterocycles. The molecule has 0 bridgehead atoms. The molecular weight excluding hydrogens is 464 g/mol. The zero-order chi connectivity index (χ0) is 24.0. The number of nitrogens with one attached hydrogen (secondary N) is 2. The fourth-order valence-electron chi connectivity index (χ4n) is 4.16. The monoisotopic (exact) mass is 482 g/mol. The van der Waals surface area contributed by atoms with Crippen molar-refractivity contribution in [3.05, 3.63) is 46.7 Å². The van der Waals surface area contributed by atoms with Crippen molar-refractivity contribution in [1.82, 2.24) is 35.0 Å². The normalized spacial score (nSPS) is 17.6. The molecule has 2 N–H and O–H groups in total. The summed E-state index contributed by atoms with van der Waals surface area (Å²) in [5, 5.41) is 17.7. The van der Waals surface area contributed by atoms with Gasteiger partial charge in [0.1, 0.15) is 24.0 Å². The van der Waals surface area contributed by atoms with Crippen LogP contribution in [0.1, 0.15) is 28.8 Å². The Hall–Kier alpha value is -4.06. The molecule has 3 aromatic rings. The minimum atomic E-state index is -0.729. The van der Waals surface area contributed by atoms with Gasteiger partial charge >= 0.3 is 0 Å². The van der Waals surface area contributed by atoms with Crippen LogP contribution in [-0.4, -0.2) is 59.3 Å². The Morgan fingerprint density at radius 2 is 2.09 bits per heavy atom. The molecule has 1 unspecified atom stereocenters. The molecule has 2 aliphatic rings. The third kappa shape index (κ3) is 3.92. The maximum Gasteiger partial charge on any atom is 0.255 e. The first-order valence-electron chi connectivity index (χ1n) is 10.5. The summed E-state index contributed by atoms with van der Waals surface area (Å²) in [5.41, 5.74) is 2.40. The van der Waals surface area contributed by atoms with Crippen molar-refractivity contribution in [2.75, 3.05) is 5.32 Å². The van der Waals surface area contributed by atoms with Gasteiger partial charge in [0.05, 0.1) is 11.2 Å². The van der Waals surface area contributed by atoms with Crippen LogP contribution < -0.4 is 10.6 Å². The quantitative estimate of drug-likeness (QED) is 0.510. The summed E-state index contributed by atoms with van der Waals surface area (Å²) in [7, 11) is 1.73. The molecule has 4 amide bonds. The fraction of sp³-hybridized carbons (Fsp3) is 0.286. The number of aryl methyl sites for hydroxylation is 1. The van der Waals surface area contributed by atoms with Crippen molar-refractivity contribution < 1.29 is 19.2 Å². The molecule has 0 aliphatic carbocycles. The number of carbonyl (C=O) groups is 4. The van der Waals surface area contributed by atoms with Gasteiger partial charge in [0.25, 0.3) is 5.91 Å². The van der Waals surface area contributed by atoms with Gasteiger partial charge in [-0.1, -0.05) is 22.9 Å². The van der Waals surface area contributed by atoms with Crippen LogP contribution in [0.25, 0.3) is 11.4 Å². The number of halogens is 1. The Bertz CT molecular complexity index is 1350. The van der Waals surface area contributed by atoms with Crippen LogP contribution in [0.4, 0.5) is 5.69 Å². The molecule has 13 heteroatoms. The number of piperidine rings is 1. The molecule has 1 saturated heterocycles. The van der Waals surface area contributed by atoms with Gasteiger partial charge in [-0.15, -0.1) is 5.10 Å². The van der Waals surface area contributed by atoms with Crippen molar-refractivity contribution in [2.45, 2.75) is 32.0 Å². The van der Waals surface area contributed by atoms with Crippen LogP contribution >= 0.6 is 11.6 Å². The number of aromatic nitrogens is 5. The highest BCUT2D eigenvalue weighted by Crippen LogP contribution is 2.32. The lowest BCUT2D eigenvalue weighted by Crippen LogP contribution is -2.52. The fourth-order valence-corrected chi connectivity index (χ4v) is 4.43. The molecule has 1 aromatic carbocycles. The van der Waals surface area contributed by atoms with E-state index in [2.05, 4.69) is 26.0 Å². The second-order valence-electron chi connectivity index (χ2n) is 8.08. The second-order valence-corrected chi connectivity index (χ2v) is 8.49. The van der Waals surface area contributed by atoms with Crippen molar-refractivity contribution in [2.24, 2.45) is 7.05 Å². The van der Waals surface area contributed by atoms with E-state index in [0.29, 0.717) is 33.2 Å². The SMILES string of the molecule is Cn1cc(Cl)c(-c2cn(CC(=O)Nc3cccc4c3CN(C3CCC(=O)NC3=O)C4=O)nn2)n1. The number of carbonyl (C=O) groups excluding carboxylic acids is 4. The van der Waals surface area contributed by atoms with Crippen molar-refractivity contribution in [1.29, 1.82) is 0 Å². The second kappa shape index (κ2) is 8.37. The van der Waals surface area contributed by atoms with Gasteiger partial charge in [-0.3, -0.25) is 29.2 Å². The number of fused-ring (bicyclic) bond motifs is 1. The van der Waals surface area contributed by atoms with Crippen molar-refractivity contribution in [3.63, 3.8) is 0 Å². The molecule has 174 valence electrons. The summed E-state index contributed by atoms with van der Waals surface area (Å²) in [4.78, 5) is 50.8. The van der Waals surface area contributed by atoms with Gasteiger partial charge < -0.3 is 10.2 Å². The molecule has 12 nitrogen and oxygen atoms in total. The predicted molar refractivity (Wildman–Crippen MR) is 118 cm³/mol. The summed E-state index contributed by atoms with van der Waals surface area (Å²) in [6.07, 6.45) is 3.64. The summed E-state index contributed by atoms with van der Waals surface area (Å²) in [6, 6.07) is 4.28. The minimum absolute atomic E-state index is 0.119. The first-order valence-corrected chi connectivity index (χ1v) is 10.8. The number of nitrogens with zero attached hydrogens (tertiary/aromatic N) is 6. The summed E-state index contributed by atoms with van der Waals surface area (Å²) >= 11 is 6.14. The maximum atomic E-state index is 12.9. The lowest BCUT2D eigenvalue weighted by atomic mass is 10.0. The van der Waals surface area contributed by atoms with Gasteiger partial charge in [-0.2, -0.15) is 5.10 Å². The minimum Gasteiger partial charge on any atom is -0.324 e. The van der Waals surface area contributed by atoms with Gasteiger partial charge in [0, 0.05) is 43.0 Å². The summed E-state index contributed by atoms with van der Waals surface area (Å²) in [6.45, 7) is 0.0362. The van der Waals surface area contributed by atoms with E-state index in [-0.39, 0.29) is 43.7 Å². The molecule has 2 aliphatic heterocycles. The van der Waals surface area contributed by atoms with E-state index in [1.807, 2.05) is 0 Å². The van der Waals surface area contributed by atoms with Crippen LogP contribution in [0, 0.1) is 0 Å². The maximum absolute atomic E-state index is 12.9. The zero-order valence-corrected chi connectivity index (χ0v) is 18.7. The highest BCUT2D eigenvalue weighted by atomic mass is 35.5. The van der Waals surface area contributed by atoms with Crippen LogP contribution in [0.2, 0.25) is 5.02 Å². The van der Waals surface area contributed by atoms with E-state index in [0.717, 1.165) is 0 Å². The first kappa shape index (κ1) is 21.8. The predicted octanol–water partition coefficient (Wildman–Crippen LogP) is 0.732. The number of benzene rings is 1. The standard InChI is InChI=1S/C21H19ClN8O4/c1-28-8-13(22)19(26-28)15-9-29(27-25-15)10-18(32)23-14-4-2-3-11-12(14)7-30(21(11)34)16-5-6-17(31)24-20(16)33/h2-4,8-9,16H,5-7,10H2,1H3,(H,23,32)(H,24,31,33). The number of anilines is 1. The average Bonchev–Trinajstić information content (AvgIpc) is 3.46. The molecule has 0 spiro atoms. The number of hydrogen-bond acceptors (Lipinski definition) is 7. The average molecular weight is 483 g/mol. The van der Waals surface area contributed by atoms with Crippen molar-refractivity contribution in [3.8, 4) is 11.4 Å². The van der Waals surface area contributed by atoms with Crippen LogP contribution in [0.5, 0.6) is 0 Å². The molecule has 2 aromatic heterocycles. The van der Waals surface area contributed by atoms with Crippen LogP contribution in [0.3, 0.4) is 0 Å². The Balaban J connectivity index is 1.29. The first-order chi connectivity index (χ1) is 16.3. The largest absolute Gasteiger partial charge is 0.324 e. The molecule has 0 saturated carbocycles. The zero-order valence-electron chi connectivity index (χ0n) is 18.0. The Kier molecular flexibility index (Phi) is 5.36. The lowest BCUT2D eigenvalue weighted by molar-refractivity contribution is -0.137. The highest BCUT2D eigenvalue weighted by molar-refractivity contribution is 6.32. The molecule has 0 radical (unpaired) electrons. The third-order valence-electron chi connectivity index (χ3n) is 5.73. The Morgan fingerprint density at radius 3 is 2.82 bits per heavy atom. The van der Waals surface area contributed by atoms with Gasteiger partial charge in [-0.05, 0) is 18.6 Å². The number of rotatable bonds is 5. The van der Waals surface area contributed by atoms with Crippen molar-refractivity contribution >= 4 is 40.9 Å². The van der Waals surface area contributed by atoms with E-state index in [4.69, 9.17) is 11.6 Å². The smallest absolute Gasteiger partial charge is 0.255 e. The molecule has 1 atom stereocenters. The molecular formula is C21H19ClN8O4.